The number of aliphatic hydroxyl groups excluding tert-OH is 2. The fourth-order valence-electron chi connectivity index (χ4n) is 2.58. The van der Waals surface area contributed by atoms with Gasteiger partial charge in [0.2, 0.25) is 0 Å². The first kappa shape index (κ1) is 21.4. The Morgan fingerprint density at radius 3 is 2.36 bits per heavy atom. The van der Waals surface area contributed by atoms with Gasteiger partial charge in [-0.1, -0.05) is 17.7 Å². The molecule has 0 aliphatic rings. The Kier molecular flexibility index (Phi) is 6.42. The second-order valence-electron chi connectivity index (χ2n) is 6.32. The van der Waals surface area contributed by atoms with E-state index in [2.05, 4.69) is 5.32 Å². The zero-order valence-electron chi connectivity index (χ0n) is 15.1. The molecule has 0 spiro atoms. The van der Waals surface area contributed by atoms with E-state index in [0.717, 1.165) is 17.7 Å². The summed E-state index contributed by atoms with van der Waals surface area (Å²) >= 11 is 0. The van der Waals surface area contributed by atoms with E-state index in [1.165, 1.54) is 0 Å². The van der Waals surface area contributed by atoms with Gasteiger partial charge in [-0.2, -0.15) is 13.2 Å². The predicted octanol–water partition coefficient (Wildman–Crippen LogP) is -0.198. The molecule has 152 valence electrons. The summed E-state index contributed by atoms with van der Waals surface area (Å²) in [6.45, 7) is 1.34. The second-order valence-corrected chi connectivity index (χ2v) is 6.32. The van der Waals surface area contributed by atoms with E-state index in [1.807, 2.05) is 0 Å². The fourth-order valence-corrected chi connectivity index (χ4v) is 2.58. The van der Waals surface area contributed by atoms with Crippen molar-refractivity contribution in [3.63, 3.8) is 0 Å². The number of nitrogens with one attached hydrogen (secondary N) is 1. The van der Waals surface area contributed by atoms with Crippen LogP contribution in [0.3, 0.4) is 0 Å². The van der Waals surface area contributed by atoms with Crippen molar-refractivity contribution < 1.29 is 28.5 Å². The predicted molar refractivity (Wildman–Crippen MR) is 98.9 cm³/mol. The van der Waals surface area contributed by atoms with Crippen LogP contribution in [-0.2, 0) is 6.18 Å². The molecule has 0 fully saturated rings. The molecular formula is C19H22F3N3O3. The van der Waals surface area contributed by atoms with Crippen molar-refractivity contribution in [1.82, 2.24) is 5.32 Å². The van der Waals surface area contributed by atoms with Crippen LogP contribution in [0.5, 0.6) is 5.75 Å². The molecule has 2 rings (SSSR count). The summed E-state index contributed by atoms with van der Waals surface area (Å²) < 4.78 is 38.4. The van der Waals surface area contributed by atoms with Gasteiger partial charge in [0.1, 0.15) is 11.6 Å². The molecule has 9 heteroatoms. The Labute approximate surface area is 159 Å². The van der Waals surface area contributed by atoms with E-state index < -0.39 is 30.2 Å². The van der Waals surface area contributed by atoms with E-state index in [9.17, 15) is 23.4 Å². The Hall–Kier alpha value is -2.91. The highest BCUT2D eigenvalue weighted by Crippen LogP contribution is 2.33. The number of hydrogen-bond acceptors (Lipinski definition) is 6. The van der Waals surface area contributed by atoms with E-state index >= 15 is 0 Å². The number of alkyl halides is 3. The number of halogens is 3. The van der Waals surface area contributed by atoms with Crippen LogP contribution in [0.4, 0.5) is 13.2 Å². The Morgan fingerprint density at radius 2 is 1.79 bits per heavy atom. The van der Waals surface area contributed by atoms with Crippen molar-refractivity contribution in [3.05, 3.63) is 63.5 Å². The van der Waals surface area contributed by atoms with Crippen LogP contribution >= 0.6 is 0 Å². The van der Waals surface area contributed by atoms with Crippen LogP contribution in [0.2, 0.25) is 0 Å². The van der Waals surface area contributed by atoms with Crippen molar-refractivity contribution >= 4 is 11.5 Å². The summed E-state index contributed by atoms with van der Waals surface area (Å²) in [7, 11) is 0. The van der Waals surface area contributed by atoms with Crippen LogP contribution < -0.4 is 27.2 Å². The summed E-state index contributed by atoms with van der Waals surface area (Å²) in [5.41, 5.74) is 12.1. The van der Waals surface area contributed by atoms with Gasteiger partial charge in [0.05, 0.1) is 24.0 Å². The number of phenolic OH excluding ortho intramolecular Hbond substituents is 1. The summed E-state index contributed by atoms with van der Waals surface area (Å²) in [5, 5.41) is 32.0. The topological polar surface area (TPSA) is 125 Å². The minimum Gasteiger partial charge on any atom is -0.507 e. The zero-order valence-corrected chi connectivity index (χ0v) is 15.1. The number of hydrogen-bond donors (Lipinski definition) is 6. The summed E-state index contributed by atoms with van der Waals surface area (Å²) in [6, 6.07) is 7.64. The Balaban J connectivity index is 2.65. The van der Waals surface area contributed by atoms with Crippen molar-refractivity contribution in [2.45, 2.75) is 19.2 Å². The number of benzene rings is 2. The van der Waals surface area contributed by atoms with E-state index in [-0.39, 0.29) is 23.6 Å². The molecule has 1 atom stereocenters. The molecule has 0 saturated carbocycles. The molecule has 8 N–H and O–H groups in total. The van der Waals surface area contributed by atoms with Crippen molar-refractivity contribution in [3.8, 4) is 5.75 Å². The quantitative estimate of drug-likeness (QED) is 0.415. The largest absolute Gasteiger partial charge is 0.507 e. The standard InChI is InChI=1S/C19H22F3N3O3/c1-10-2-4-13(18(24)25-8-12(27)9-26)15(6-10)17(23)14-5-3-11(7-16(14)28)19(20,21)22/h2-7,12,25-28H,8-9,23-24H2,1H3/b17-15-,18-13+. The molecule has 0 aromatic heterocycles. The number of aromatic hydroxyl groups is 1. The van der Waals surface area contributed by atoms with Crippen LogP contribution in [0, 0.1) is 6.92 Å². The average Bonchev–Trinajstić information content (AvgIpc) is 2.64. The number of phenols is 1. The molecule has 0 aliphatic heterocycles. The number of aliphatic hydroxyl groups is 2. The average molecular weight is 397 g/mol. The van der Waals surface area contributed by atoms with Crippen LogP contribution in [0.15, 0.2) is 36.4 Å². The minimum absolute atomic E-state index is 0.0128. The van der Waals surface area contributed by atoms with E-state index in [4.69, 9.17) is 16.6 Å². The molecule has 0 aliphatic carbocycles. The Morgan fingerprint density at radius 1 is 1.11 bits per heavy atom. The highest BCUT2D eigenvalue weighted by atomic mass is 19.4. The van der Waals surface area contributed by atoms with E-state index in [1.54, 1.807) is 25.1 Å². The Bertz CT molecular complexity index is 975. The van der Waals surface area contributed by atoms with Crippen molar-refractivity contribution in [2.75, 3.05) is 13.2 Å². The molecule has 0 bridgehead atoms. The van der Waals surface area contributed by atoms with Gasteiger partial charge in [-0.3, -0.25) is 0 Å². The van der Waals surface area contributed by atoms with E-state index in [0.29, 0.717) is 16.5 Å². The first-order valence-corrected chi connectivity index (χ1v) is 8.34. The lowest BCUT2D eigenvalue weighted by atomic mass is 10.0. The van der Waals surface area contributed by atoms with Gasteiger partial charge in [-0.25, -0.2) is 0 Å². The third-order valence-corrected chi connectivity index (χ3v) is 4.11. The molecule has 28 heavy (non-hydrogen) atoms. The number of nitrogens with two attached hydrogens (primary N) is 2. The van der Waals surface area contributed by atoms with Gasteiger partial charge < -0.3 is 32.1 Å². The lowest BCUT2D eigenvalue weighted by Gasteiger charge is -2.12. The minimum atomic E-state index is -4.59. The molecule has 0 heterocycles. The highest BCUT2D eigenvalue weighted by Gasteiger charge is 2.31. The first-order valence-electron chi connectivity index (χ1n) is 8.34. The molecule has 2 aromatic rings. The number of rotatable bonds is 5. The van der Waals surface area contributed by atoms with Gasteiger partial charge in [-0.15, -0.1) is 0 Å². The second kappa shape index (κ2) is 8.41. The summed E-state index contributed by atoms with van der Waals surface area (Å²) in [5.74, 6) is -0.459. The third-order valence-electron chi connectivity index (χ3n) is 4.11. The van der Waals surface area contributed by atoms with Gasteiger partial charge in [0, 0.05) is 22.5 Å². The monoisotopic (exact) mass is 397 g/mol. The lowest BCUT2D eigenvalue weighted by Crippen LogP contribution is -2.41. The molecule has 0 radical (unpaired) electrons. The zero-order chi connectivity index (χ0) is 21.1. The normalized spacial score (nSPS) is 15.1. The molecule has 1 unspecified atom stereocenters. The fraction of sp³-hybridized carbons (Fsp3) is 0.263. The van der Waals surface area contributed by atoms with Gasteiger partial charge in [0.25, 0.3) is 0 Å². The van der Waals surface area contributed by atoms with Crippen molar-refractivity contribution in [1.29, 1.82) is 0 Å². The number of aryl methyl sites for hydroxylation is 1. The molecule has 2 aromatic carbocycles. The lowest BCUT2D eigenvalue weighted by molar-refractivity contribution is -0.137. The summed E-state index contributed by atoms with van der Waals surface area (Å²) in [4.78, 5) is 0. The maximum Gasteiger partial charge on any atom is 0.416 e. The molecule has 0 saturated heterocycles. The first-order chi connectivity index (χ1) is 13.0. The van der Waals surface area contributed by atoms with Gasteiger partial charge in [-0.05, 0) is 31.2 Å². The van der Waals surface area contributed by atoms with Gasteiger partial charge >= 0.3 is 6.18 Å². The molecule has 0 amide bonds. The van der Waals surface area contributed by atoms with Gasteiger partial charge in [0.15, 0.2) is 0 Å². The molecular weight excluding hydrogens is 375 g/mol. The third kappa shape index (κ3) is 4.87. The maximum atomic E-state index is 12.8. The van der Waals surface area contributed by atoms with Crippen LogP contribution in [0.1, 0.15) is 16.7 Å². The maximum absolute atomic E-state index is 12.8. The van der Waals surface area contributed by atoms with Crippen molar-refractivity contribution in [2.24, 2.45) is 11.5 Å². The SMILES string of the molecule is Cc1ccc(=C(/N)NCC(O)CO)/c(=C(\N)c2ccc(C(F)(F)F)cc2O)c1. The van der Waals surface area contributed by atoms with Crippen LogP contribution in [-0.4, -0.2) is 34.6 Å². The highest BCUT2D eigenvalue weighted by molar-refractivity contribution is 5.69. The summed E-state index contributed by atoms with van der Waals surface area (Å²) in [6.07, 6.45) is -5.61. The van der Waals surface area contributed by atoms with Crippen LogP contribution in [0.25, 0.3) is 11.5 Å². The molecule has 6 nitrogen and oxygen atoms in total. The smallest absolute Gasteiger partial charge is 0.416 e.